The third-order valence-electron chi connectivity index (χ3n) is 3.73. The second-order valence-corrected chi connectivity index (χ2v) is 6.59. The molecule has 130 valence electrons. The maximum Gasteiger partial charge on any atom is 0.261 e. The van der Waals surface area contributed by atoms with Gasteiger partial charge in [-0.1, -0.05) is 5.16 Å². The highest BCUT2D eigenvalue weighted by molar-refractivity contribution is 7.20. The normalized spacial score (nSPS) is 10.8. The number of rotatable bonds is 4. The molecule has 0 radical (unpaired) electrons. The first-order valence-electron chi connectivity index (χ1n) is 7.82. The molecule has 1 N–H and O–H groups in total. The average molecular weight is 366 g/mol. The molecule has 0 saturated heterocycles. The smallest absolute Gasteiger partial charge is 0.261 e. The summed E-state index contributed by atoms with van der Waals surface area (Å²) in [6.07, 6.45) is 3.36. The Balaban J connectivity index is 1.62. The van der Waals surface area contributed by atoms with Crippen molar-refractivity contribution in [2.45, 2.75) is 6.92 Å². The molecular weight excluding hydrogens is 352 g/mol. The van der Waals surface area contributed by atoms with Gasteiger partial charge in [-0.25, -0.2) is 0 Å². The number of carbonyl (C=O) groups excluding carboxylic acids is 1. The van der Waals surface area contributed by atoms with Crippen LogP contribution in [0.4, 0.5) is 0 Å². The lowest BCUT2D eigenvalue weighted by Crippen LogP contribution is -2.15. The van der Waals surface area contributed by atoms with Crippen molar-refractivity contribution in [3.05, 3.63) is 53.5 Å². The van der Waals surface area contributed by atoms with Gasteiger partial charge in [-0.15, -0.1) is 11.3 Å². The van der Waals surface area contributed by atoms with E-state index >= 15 is 0 Å². The number of fused-ring (bicyclic) bond motifs is 1. The van der Waals surface area contributed by atoms with Crippen molar-refractivity contribution in [3.63, 3.8) is 0 Å². The van der Waals surface area contributed by atoms with E-state index in [-0.39, 0.29) is 5.91 Å². The van der Waals surface area contributed by atoms with Gasteiger partial charge in [0.25, 0.3) is 5.91 Å². The second-order valence-electron chi connectivity index (χ2n) is 5.50. The van der Waals surface area contributed by atoms with Gasteiger partial charge in [0.15, 0.2) is 5.75 Å². The largest absolute Gasteiger partial charge is 0.455 e. The minimum absolute atomic E-state index is 0.128. The van der Waals surface area contributed by atoms with Crippen LogP contribution in [0.1, 0.15) is 15.6 Å². The Bertz CT molecular complexity index is 1090. The molecule has 0 aliphatic heterocycles. The van der Waals surface area contributed by atoms with Crippen LogP contribution >= 0.6 is 11.3 Å². The maximum atomic E-state index is 11.8. The number of hydrogen-bond donors (Lipinski definition) is 1. The first kappa shape index (κ1) is 16.2. The predicted octanol–water partition coefficient (Wildman–Crippen LogP) is 3.81. The molecule has 0 spiro atoms. The summed E-state index contributed by atoms with van der Waals surface area (Å²) in [6.45, 7) is 1.75. The van der Waals surface area contributed by atoms with Crippen LogP contribution in [0.3, 0.4) is 0 Å². The molecule has 1 aromatic carbocycles. The summed E-state index contributed by atoms with van der Waals surface area (Å²) >= 11 is 1.38. The summed E-state index contributed by atoms with van der Waals surface area (Å²) in [5, 5.41) is 7.37. The van der Waals surface area contributed by atoms with Crippen molar-refractivity contribution < 1.29 is 14.1 Å². The summed E-state index contributed by atoms with van der Waals surface area (Å²) in [5.74, 6) is 2.17. The van der Waals surface area contributed by atoms with Crippen LogP contribution in [0.5, 0.6) is 11.5 Å². The minimum Gasteiger partial charge on any atom is -0.455 e. The number of thiophene rings is 1. The molecule has 0 aliphatic rings. The molecule has 8 heteroatoms. The van der Waals surface area contributed by atoms with Gasteiger partial charge in [0.2, 0.25) is 11.7 Å². The van der Waals surface area contributed by atoms with E-state index in [9.17, 15) is 4.79 Å². The number of ether oxygens (including phenoxy) is 1. The number of benzene rings is 1. The van der Waals surface area contributed by atoms with Crippen molar-refractivity contribution in [2.24, 2.45) is 0 Å². The van der Waals surface area contributed by atoms with E-state index in [0.717, 1.165) is 15.6 Å². The van der Waals surface area contributed by atoms with Crippen LogP contribution in [0, 0.1) is 6.92 Å². The van der Waals surface area contributed by atoms with Crippen LogP contribution in [0.25, 0.3) is 21.5 Å². The highest BCUT2D eigenvalue weighted by atomic mass is 32.1. The molecular formula is C18H14N4O3S. The highest BCUT2D eigenvalue weighted by Crippen LogP contribution is 2.34. The number of carbonyl (C=O) groups is 1. The molecule has 0 aliphatic carbocycles. The third kappa shape index (κ3) is 3.02. The van der Waals surface area contributed by atoms with E-state index in [1.165, 1.54) is 11.3 Å². The van der Waals surface area contributed by atoms with Crippen LogP contribution in [0.2, 0.25) is 0 Å². The Hall–Kier alpha value is -3.26. The van der Waals surface area contributed by atoms with E-state index in [4.69, 9.17) is 9.26 Å². The third-order valence-corrected chi connectivity index (χ3v) is 4.80. The lowest BCUT2D eigenvalue weighted by atomic mass is 10.2. The number of aryl methyl sites for hydroxylation is 1. The van der Waals surface area contributed by atoms with E-state index in [1.807, 2.05) is 30.3 Å². The van der Waals surface area contributed by atoms with Gasteiger partial charge in [-0.2, -0.15) is 4.98 Å². The van der Waals surface area contributed by atoms with Gasteiger partial charge in [0.05, 0.1) is 15.8 Å². The second kappa shape index (κ2) is 6.57. The van der Waals surface area contributed by atoms with Gasteiger partial charge >= 0.3 is 0 Å². The predicted molar refractivity (Wildman–Crippen MR) is 97.6 cm³/mol. The van der Waals surface area contributed by atoms with E-state index in [0.29, 0.717) is 28.1 Å². The van der Waals surface area contributed by atoms with Crippen LogP contribution in [-0.2, 0) is 0 Å². The molecule has 0 saturated carbocycles. The van der Waals surface area contributed by atoms with Crippen LogP contribution in [-0.4, -0.2) is 28.1 Å². The summed E-state index contributed by atoms with van der Waals surface area (Å²) in [7, 11) is 1.61. The van der Waals surface area contributed by atoms with Crippen molar-refractivity contribution >= 4 is 27.3 Å². The standard InChI is InChI=1S/C18H14N4O3S/c1-10-21-17(22-25-10)11-3-5-12(6-4-11)24-14-8-20-9-16-13(14)7-15(26-16)18(23)19-2/h3-9H,1-2H3,(H,19,23). The van der Waals surface area contributed by atoms with Crippen molar-refractivity contribution in [1.82, 2.24) is 20.4 Å². The van der Waals surface area contributed by atoms with Crippen molar-refractivity contribution in [2.75, 3.05) is 7.05 Å². The molecule has 7 nitrogen and oxygen atoms in total. The van der Waals surface area contributed by atoms with E-state index in [2.05, 4.69) is 20.4 Å². The first-order valence-corrected chi connectivity index (χ1v) is 8.64. The van der Waals surface area contributed by atoms with Gasteiger partial charge in [-0.3, -0.25) is 9.78 Å². The molecule has 0 fully saturated rings. The van der Waals surface area contributed by atoms with Crippen molar-refractivity contribution in [1.29, 1.82) is 0 Å². The molecule has 3 aromatic heterocycles. The number of nitrogens with zero attached hydrogens (tertiary/aromatic N) is 3. The van der Waals surface area contributed by atoms with Crippen molar-refractivity contribution in [3.8, 4) is 22.9 Å². The van der Waals surface area contributed by atoms with Gasteiger partial charge in [0.1, 0.15) is 5.75 Å². The Morgan fingerprint density at radius 2 is 2.04 bits per heavy atom. The Labute approximate surface area is 152 Å². The lowest BCUT2D eigenvalue weighted by Gasteiger charge is -2.06. The minimum atomic E-state index is -0.128. The number of amides is 1. The first-order chi connectivity index (χ1) is 12.6. The number of hydrogen-bond acceptors (Lipinski definition) is 7. The highest BCUT2D eigenvalue weighted by Gasteiger charge is 2.13. The molecule has 4 rings (SSSR count). The van der Waals surface area contributed by atoms with Gasteiger partial charge < -0.3 is 14.6 Å². The number of nitrogens with one attached hydrogen (secondary N) is 1. The molecule has 3 heterocycles. The zero-order valence-electron chi connectivity index (χ0n) is 14.0. The number of pyridine rings is 1. The molecule has 0 atom stereocenters. The molecule has 4 aromatic rings. The maximum absolute atomic E-state index is 11.8. The van der Waals surface area contributed by atoms with Crippen LogP contribution in [0.15, 0.2) is 47.2 Å². The topological polar surface area (TPSA) is 90.1 Å². The Morgan fingerprint density at radius 1 is 1.23 bits per heavy atom. The molecule has 1 amide bonds. The number of aromatic nitrogens is 3. The zero-order chi connectivity index (χ0) is 18.1. The van der Waals surface area contributed by atoms with Crippen LogP contribution < -0.4 is 10.1 Å². The fourth-order valence-electron chi connectivity index (χ4n) is 2.47. The fraction of sp³-hybridized carbons (Fsp3) is 0.111. The Kier molecular flexibility index (Phi) is 4.10. The van der Waals surface area contributed by atoms with E-state index in [1.54, 1.807) is 26.4 Å². The average Bonchev–Trinajstić information content (AvgIpc) is 3.28. The zero-order valence-corrected chi connectivity index (χ0v) is 14.8. The SMILES string of the molecule is CNC(=O)c1cc2c(Oc3ccc(-c4noc(C)n4)cc3)cncc2s1. The molecule has 26 heavy (non-hydrogen) atoms. The lowest BCUT2D eigenvalue weighted by molar-refractivity contribution is 0.0967. The monoisotopic (exact) mass is 366 g/mol. The molecule has 0 bridgehead atoms. The summed E-state index contributed by atoms with van der Waals surface area (Å²) < 4.78 is 11.8. The summed E-state index contributed by atoms with van der Waals surface area (Å²) in [5.41, 5.74) is 0.836. The fourth-order valence-corrected chi connectivity index (χ4v) is 3.46. The van der Waals surface area contributed by atoms with Gasteiger partial charge in [0, 0.05) is 31.1 Å². The van der Waals surface area contributed by atoms with Gasteiger partial charge in [-0.05, 0) is 30.3 Å². The Morgan fingerprint density at radius 3 is 2.73 bits per heavy atom. The quantitative estimate of drug-likeness (QED) is 0.591. The summed E-state index contributed by atoms with van der Waals surface area (Å²) in [6, 6.07) is 9.18. The summed E-state index contributed by atoms with van der Waals surface area (Å²) in [4.78, 5) is 20.9. The molecule has 0 unspecified atom stereocenters. The van der Waals surface area contributed by atoms with E-state index < -0.39 is 0 Å².